The van der Waals surface area contributed by atoms with Crippen LogP contribution in [-0.4, -0.2) is 53.9 Å². The Bertz CT molecular complexity index is 1110. The van der Waals surface area contributed by atoms with E-state index in [1.54, 1.807) is 0 Å². The molecule has 4 rings (SSSR count). The molecular weight excluding hydrogens is 395 g/mol. The zero-order chi connectivity index (χ0) is 20.4. The third kappa shape index (κ3) is 4.07. The summed E-state index contributed by atoms with van der Waals surface area (Å²) >= 11 is 0. The predicted octanol–water partition coefficient (Wildman–Crippen LogP) is 2.69. The van der Waals surface area contributed by atoms with Crippen molar-refractivity contribution >= 4 is 10.0 Å². The fourth-order valence-electron chi connectivity index (χ4n) is 3.36. The SMILES string of the molecule is Cc1ccccc1-c1noc(CN2CCN(S(=O)(=O)c3ccccc3F)CC2)n1. The molecule has 2 aromatic carbocycles. The fraction of sp³-hybridized carbons (Fsp3) is 0.300. The molecule has 0 bridgehead atoms. The molecule has 7 nitrogen and oxygen atoms in total. The van der Waals surface area contributed by atoms with Crippen molar-refractivity contribution in [1.82, 2.24) is 19.3 Å². The zero-order valence-electron chi connectivity index (χ0n) is 16.0. The highest BCUT2D eigenvalue weighted by molar-refractivity contribution is 7.89. The fourth-order valence-corrected chi connectivity index (χ4v) is 4.85. The van der Waals surface area contributed by atoms with Crippen LogP contribution in [0, 0.1) is 12.7 Å². The number of aromatic nitrogens is 2. The van der Waals surface area contributed by atoms with Gasteiger partial charge < -0.3 is 4.52 Å². The second-order valence-electron chi connectivity index (χ2n) is 6.94. The van der Waals surface area contributed by atoms with Gasteiger partial charge in [0.25, 0.3) is 0 Å². The number of piperazine rings is 1. The molecule has 9 heteroatoms. The lowest BCUT2D eigenvalue weighted by Gasteiger charge is -2.33. The Balaban J connectivity index is 1.40. The van der Waals surface area contributed by atoms with Crippen molar-refractivity contribution in [3.8, 4) is 11.4 Å². The van der Waals surface area contributed by atoms with Gasteiger partial charge in [0.05, 0.1) is 6.54 Å². The van der Waals surface area contributed by atoms with E-state index in [1.165, 1.54) is 22.5 Å². The summed E-state index contributed by atoms with van der Waals surface area (Å²) in [4.78, 5) is 6.22. The molecule has 1 aromatic heterocycles. The van der Waals surface area contributed by atoms with Crippen LogP contribution in [0.5, 0.6) is 0 Å². The molecule has 1 aliphatic rings. The molecule has 152 valence electrons. The normalized spacial score (nSPS) is 16.2. The van der Waals surface area contributed by atoms with Crippen molar-refractivity contribution in [2.24, 2.45) is 0 Å². The molecule has 0 aliphatic carbocycles. The van der Waals surface area contributed by atoms with Gasteiger partial charge in [0.15, 0.2) is 0 Å². The second-order valence-corrected chi connectivity index (χ2v) is 8.84. The first-order valence-electron chi connectivity index (χ1n) is 9.31. The minimum absolute atomic E-state index is 0.273. The lowest BCUT2D eigenvalue weighted by atomic mass is 10.1. The molecule has 0 saturated carbocycles. The maximum atomic E-state index is 13.9. The molecular formula is C20H21FN4O3S. The van der Waals surface area contributed by atoms with Crippen LogP contribution >= 0.6 is 0 Å². The molecule has 0 unspecified atom stereocenters. The average Bonchev–Trinajstić information content (AvgIpc) is 3.17. The van der Waals surface area contributed by atoms with E-state index in [0.717, 1.165) is 17.2 Å². The third-order valence-electron chi connectivity index (χ3n) is 5.00. The Morgan fingerprint density at radius 2 is 1.72 bits per heavy atom. The second kappa shape index (κ2) is 8.02. The number of halogens is 1. The number of aryl methyl sites for hydroxylation is 1. The summed E-state index contributed by atoms with van der Waals surface area (Å²) in [6, 6.07) is 13.3. The third-order valence-corrected chi connectivity index (χ3v) is 6.93. The van der Waals surface area contributed by atoms with Crippen LogP contribution in [0.25, 0.3) is 11.4 Å². The van der Waals surface area contributed by atoms with Gasteiger partial charge in [-0.2, -0.15) is 9.29 Å². The lowest BCUT2D eigenvalue weighted by Crippen LogP contribution is -2.48. The first kappa shape index (κ1) is 19.7. The zero-order valence-corrected chi connectivity index (χ0v) is 16.8. The van der Waals surface area contributed by atoms with Gasteiger partial charge in [0.2, 0.25) is 21.7 Å². The summed E-state index contributed by atoms with van der Waals surface area (Å²) in [5.74, 6) is 0.289. The topological polar surface area (TPSA) is 79.5 Å². The Kier molecular flexibility index (Phi) is 5.44. The molecule has 3 aromatic rings. The minimum atomic E-state index is -3.85. The minimum Gasteiger partial charge on any atom is -0.338 e. The van der Waals surface area contributed by atoms with Gasteiger partial charge >= 0.3 is 0 Å². The van der Waals surface area contributed by atoms with Gasteiger partial charge in [-0.3, -0.25) is 4.90 Å². The van der Waals surface area contributed by atoms with Crippen LogP contribution in [0.2, 0.25) is 0 Å². The van der Waals surface area contributed by atoms with Gasteiger partial charge in [0, 0.05) is 31.7 Å². The first-order valence-corrected chi connectivity index (χ1v) is 10.7. The number of sulfonamides is 1. The standard InChI is InChI=1S/C20H21FN4O3S/c1-15-6-2-3-7-16(15)20-22-19(28-23-20)14-24-10-12-25(13-11-24)29(26,27)18-9-5-4-8-17(18)21/h2-9H,10-14H2,1H3. The van der Waals surface area contributed by atoms with Crippen LogP contribution in [0.4, 0.5) is 4.39 Å². The van der Waals surface area contributed by atoms with Crippen molar-refractivity contribution in [3.63, 3.8) is 0 Å². The molecule has 0 atom stereocenters. The number of hydrogen-bond acceptors (Lipinski definition) is 6. The molecule has 0 N–H and O–H groups in total. The molecule has 1 saturated heterocycles. The summed E-state index contributed by atoms with van der Waals surface area (Å²) in [6.07, 6.45) is 0. The van der Waals surface area contributed by atoms with Gasteiger partial charge in [-0.05, 0) is 24.6 Å². The molecule has 2 heterocycles. The Morgan fingerprint density at radius 3 is 2.45 bits per heavy atom. The molecule has 0 radical (unpaired) electrons. The van der Waals surface area contributed by atoms with Gasteiger partial charge in [0.1, 0.15) is 10.7 Å². The Labute approximate surface area is 168 Å². The number of nitrogens with zero attached hydrogens (tertiary/aromatic N) is 4. The van der Waals surface area contributed by atoms with Crippen molar-refractivity contribution in [2.45, 2.75) is 18.4 Å². The van der Waals surface area contributed by atoms with Gasteiger partial charge in [-0.15, -0.1) is 0 Å². The Hall–Kier alpha value is -2.62. The van der Waals surface area contributed by atoms with Crippen molar-refractivity contribution in [3.05, 3.63) is 65.8 Å². The van der Waals surface area contributed by atoms with E-state index in [2.05, 4.69) is 10.1 Å². The number of rotatable bonds is 5. The highest BCUT2D eigenvalue weighted by atomic mass is 32.2. The van der Waals surface area contributed by atoms with E-state index in [-0.39, 0.29) is 18.0 Å². The van der Waals surface area contributed by atoms with Crippen LogP contribution in [0.15, 0.2) is 57.9 Å². The van der Waals surface area contributed by atoms with Crippen LogP contribution < -0.4 is 0 Å². The van der Waals surface area contributed by atoms with E-state index in [1.807, 2.05) is 36.1 Å². The summed E-state index contributed by atoms with van der Waals surface area (Å²) in [6.45, 7) is 3.96. The van der Waals surface area contributed by atoms with Crippen LogP contribution in [-0.2, 0) is 16.6 Å². The van der Waals surface area contributed by atoms with E-state index in [0.29, 0.717) is 31.3 Å². The smallest absolute Gasteiger partial charge is 0.246 e. The maximum Gasteiger partial charge on any atom is 0.246 e. The van der Waals surface area contributed by atoms with Crippen molar-refractivity contribution in [1.29, 1.82) is 0 Å². The lowest BCUT2D eigenvalue weighted by molar-refractivity contribution is 0.163. The molecule has 29 heavy (non-hydrogen) atoms. The summed E-state index contributed by atoms with van der Waals surface area (Å²) in [5, 5.41) is 4.06. The van der Waals surface area contributed by atoms with E-state index < -0.39 is 15.8 Å². The van der Waals surface area contributed by atoms with E-state index in [9.17, 15) is 12.8 Å². The summed E-state index contributed by atoms with van der Waals surface area (Å²) in [5.41, 5.74) is 1.98. The predicted molar refractivity (Wildman–Crippen MR) is 105 cm³/mol. The average molecular weight is 416 g/mol. The van der Waals surface area contributed by atoms with Crippen molar-refractivity contribution in [2.75, 3.05) is 26.2 Å². The highest BCUT2D eigenvalue weighted by Crippen LogP contribution is 2.22. The molecule has 1 fully saturated rings. The summed E-state index contributed by atoms with van der Waals surface area (Å²) in [7, 11) is -3.85. The molecule has 1 aliphatic heterocycles. The van der Waals surface area contributed by atoms with Gasteiger partial charge in [-0.1, -0.05) is 41.6 Å². The van der Waals surface area contributed by atoms with E-state index >= 15 is 0 Å². The van der Waals surface area contributed by atoms with E-state index in [4.69, 9.17) is 4.52 Å². The first-order chi connectivity index (χ1) is 13.9. The molecule has 0 amide bonds. The summed E-state index contributed by atoms with van der Waals surface area (Å²) < 4.78 is 46.0. The maximum absolute atomic E-state index is 13.9. The largest absolute Gasteiger partial charge is 0.338 e. The number of hydrogen-bond donors (Lipinski definition) is 0. The van der Waals surface area contributed by atoms with Crippen LogP contribution in [0.3, 0.4) is 0 Å². The number of benzene rings is 2. The monoisotopic (exact) mass is 416 g/mol. The van der Waals surface area contributed by atoms with Crippen LogP contribution in [0.1, 0.15) is 11.5 Å². The Morgan fingerprint density at radius 1 is 1.03 bits per heavy atom. The molecule has 0 spiro atoms. The highest BCUT2D eigenvalue weighted by Gasteiger charge is 2.30. The quantitative estimate of drug-likeness (QED) is 0.636. The van der Waals surface area contributed by atoms with Crippen molar-refractivity contribution < 1.29 is 17.3 Å². The van der Waals surface area contributed by atoms with Gasteiger partial charge in [-0.25, -0.2) is 12.8 Å².